The SMILES string of the molecule is Fc1cc(Br)cc(CNCc2cnc[nH]2)c1. The van der Waals surface area contributed by atoms with Crippen LogP contribution in [0.1, 0.15) is 11.3 Å². The molecule has 3 nitrogen and oxygen atoms in total. The van der Waals surface area contributed by atoms with Gasteiger partial charge in [-0.3, -0.25) is 0 Å². The van der Waals surface area contributed by atoms with E-state index in [4.69, 9.17) is 0 Å². The topological polar surface area (TPSA) is 40.7 Å². The minimum Gasteiger partial charge on any atom is -0.347 e. The van der Waals surface area contributed by atoms with Crippen LogP contribution in [0.25, 0.3) is 0 Å². The fourth-order valence-corrected chi connectivity index (χ4v) is 1.95. The Morgan fingerprint density at radius 1 is 1.31 bits per heavy atom. The number of imidazole rings is 1. The lowest BCUT2D eigenvalue weighted by Crippen LogP contribution is -2.13. The third-order valence-electron chi connectivity index (χ3n) is 2.12. The Kier molecular flexibility index (Phi) is 3.69. The fraction of sp³-hybridized carbons (Fsp3) is 0.182. The van der Waals surface area contributed by atoms with Crippen molar-refractivity contribution in [2.75, 3.05) is 0 Å². The van der Waals surface area contributed by atoms with Gasteiger partial charge in [0.15, 0.2) is 0 Å². The largest absolute Gasteiger partial charge is 0.347 e. The van der Waals surface area contributed by atoms with Crippen LogP contribution >= 0.6 is 15.9 Å². The smallest absolute Gasteiger partial charge is 0.124 e. The van der Waals surface area contributed by atoms with E-state index in [0.717, 1.165) is 15.7 Å². The highest BCUT2D eigenvalue weighted by Crippen LogP contribution is 2.14. The molecule has 1 aromatic carbocycles. The van der Waals surface area contributed by atoms with E-state index in [9.17, 15) is 4.39 Å². The van der Waals surface area contributed by atoms with Crippen molar-refractivity contribution in [1.29, 1.82) is 0 Å². The molecule has 0 saturated carbocycles. The maximum absolute atomic E-state index is 13.1. The van der Waals surface area contributed by atoms with Crippen molar-refractivity contribution < 1.29 is 4.39 Å². The second-order valence-corrected chi connectivity index (χ2v) is 4.37. The molecule has 0 bridgehead atoms. The first kappa shape index (κ1) is 11.3. The second kappa shape index (κ2) is 5.23. The highest BCUT2D eigenvalue weighted by atomic mass is 79.9. The third kappa shape index (κ3) is 3.15. The Balaban J connectivity index is 1.89. The van der Waals surface area contributed by atoms with E-state index < -0.39 is 0 Å². The van der Waals surface area contributed by atoms with Gasteiger partial charge in [-0.15, -0.1) is 0 Å². The standard InChI is InChI=1S/C11H11BrFN3/c12-9-1-8(2-10(13)3-9)4-14-5-11-6-15-7-16-11/h1-3,6-7,14H,4-5H2,(H,15,16). The van der Waals surface area contributed by atoms with E-state index in [2.05, 4.69) is 31.2 Å². The predicted molar refractivity (Wildman–Crippen MR) is 63.2 cm³/mol. The first-order chi connectivity index (χ1) is 7.74. The summed E-state index contributed by atoms with van der Waals surface area (Å²) in [4.78, 5) is 6.90. The highest BCUT2D eigenvalue weighted by Gasteiger charge is 1.99. The summed E-state index contributed by atoms with van der Waals surface area (Å²) in [6.07, 6.45) is 3.39. The van der Waals surface area contributed by atoms with Crippen molar-refractivity contribution in [3.05, 3.63) is 52.3 Å². The molecule has 1 heterocycles. The van der Waals surface area contributed by atoms with Crippen LogP contribution in [-0.4, -0.2) is 9.97 Å². The van der Waals surface area contributed by atoms with Gasteiger partial charge in [0.05, 0.1) is 6.33 Å². The van der Waals surface area contributed by atoms with Crippen LogP contribution in [-0.2, 0) is 13.1 Å². The van der Waals surface area contributed by atoms with Gasteiger partial charge >= 0.3 is 0 Å². The molecule has 0 spiro atoms. The van der Waals surface area contributed by atoms with Crippen LogP contribution < -0.4 is 5.32 Å². The average Bonchev–Trinajstić information content (AvgIpc) is 2.69. The van der Waals surface area contributed by atoms with Gasteiger partial charge in [-0.05, 0) is 23.8 Å². The molecule has 0 amide bonds. The Bertz CT molecular complexity index is 436. The number of nitrogens with zero attached hydrogens (tertiary/aromatic N) is 1. The molecule has 2 rings (SSSR count). The fourth-order valence-electron chi connectivity index (χ4n) is 1.44. The van der Waals surface area contributed by atoms with Gasteiger partial charge in [-0.2, -0.15) is 0 Å². The molecule has 0 saturated heterocycles. The molecule has 84 valence electrons. The number of benzene rings is 1. The molecule has 16 heavy (non-hydrogen) atoms. The van der Waals surface area contributed by atoms with Gasteiger partial charge in [0.2, 0.25) is 0 Å². The number of rotatable bonds is 4. The van der Waals surface area contributed by atoms with E-state index in [-0.39, 0.29) is 5.82 Å². The maximum Gasteiger partial charge on any atom is 0.124 e. The Hall–Kier alpha value is -1.20. The van der Waals surface area contributed by atoms with Gasteiger partial charge in [-0.25, -0.2) is 9.37 Å². The van der Waals surface area contributed by atoms with Crippen molar-refractivity contribution in [1.82, 2.24) is 15.3 Å². The quantitative estimate of drug-likeness (QED) is 0.906. The molecular weight excluding hydrogens is 273 g/mol. The highest BCUT2D eigenvalue weighted by molar-refractivity contribution is 9.10. The number of nitrogens with one attached hydrogen (secondary N) is 2. The van der Waals surface area contributed by atoms with Crippen molar-refractivity contribution >= 4 is 15.9 Å². The molecule has 0 aliphatic carbocycles. The van der Waals surface area contributed by atoms with Crippen molar-refractivity contribution in [2.45, 2.75) is 13.1 Å². The number of hydrogen-bond donors (Lipinski definition) is 2. The minimum atomic E-state index is -0.229. The first-order valence-corrected chi connectivity index (χ1v) is 5.66. The number of aromatic amines is 1. The molecule has 0 fully saturated rings. The Morgan fingerprint density at radius 3 is 2.88 bits per heavy atom. The van der Waals surface area contributed by atoms with Crippen molar-refractivity contribution in [3.63, 3.8) is 0 Å². The zero-order chi connectivity index (χ0) is 11.4. The lowest BCUT2D eigenvalue weighted by molar-refractivity contribution is 0.618. The summed E-state index contributed by atoms with van der Waals surface area (Å²) in [5.41, 5.74) is 1.92. The van der Waals surface area contributed by atoms with Crippen LogP contribution in [0.2, 0.25) is 0 Å². The molecule has 0 atom stereocenters. The van der Waals surface area contributed by atoms with Gasteiger partial charge in [0.25, 0.3) is 0 Å². The summed E-state index contributed by atoms with van der Waals surface area (Å²) < 4.78 is 13.8. The van der Waals surface area contributed by atoms with Crippen LogP contribution in [0.4, 0.5) is 4.39 Å². The Labute approximate surface area is 101 Å². The summed E-state index contributed by atoms with van der Waals surface area (Å²) in [5.74, 6) is -0.229. The molecule has 1 aromatic heterocycles. The molecule has 5 heteroatoms. The van der Waals surface area contributed by atoms with Crippen LogP contribution in [0.3, 0.4) is 0 Å². The van der Waals surface area contributed by atoms with Gasteiger partial charge in [0, 0.05) is 29.5 Å². The summed E-state index contributed by atoms with van der Waals surface area (Å²) >= 11 is 3.26. The lowest BCUT2D eigenvalue weighted by atomic mass is 10.2. The normalized spacial score (nSPS) is 10.6. The van der Waals surface area contributed by atoms with E-state index in [1.165, 1.54) is 12.1 Å². The second-order valence-electron chi connectivity index (χ2n) is 3.46. The van der Waals surface area contributed by atoms with E-state index in [0.29, 0.717) is 13.1 Å². The first-order valence-electron chi connectivity index (χ1n) is 4.87. The van der Waals surface area contributed by atoms with E-state index in [1.807, 2.05) is 6.07 Å². The summed E-state index contributed by atoms with van der Waals surface area (Å²) in [5, 5.41) is 3.20. The minimum absolute atomic E-state index is 0.229. The predicted octanol–water partition coefficient (Wildman–Crippen LogP) is 2.60. The van der Waals surface area contributed by atoms with Crippen molar-refractivity contribution in [2.24, 2.45) is 0 Å². The summed E-state index contributed by atoms with van der Waals surface area (Å²) in [6, 6.07) is 4.85. The molecule has 2 N–H and O–H groups in total. The molecule has 0 unspecified atom stereocenters. The summed E-state index contributed by atoms with van der Waals surface area (Å²) in [7, 11) is 0. The van der Waals surface area contributed by atoms with E-state index >= 15 is 0 Å². The number of aromatic nitrogens is 2. The van der Waals surface area contributed by atoms with Crippen LogP contribution in [0.15, 0.2) is 35.2 Å². The molecule has 0 aliphatic rings. The van der Waals surface area contributed by atoms with Crippen LogP contribution in [0, 0.1) is 5.82 Å². The summed E-state index contributed by atoms with van der Waals surface area (Å²) in [6.45, 7) is 1.31. The monoisotopic (exact) mass is 283 g/mol. The zero-order valence-corrected chi connectivity index (χ0v) is 10.1. The number of hydrogen-bond acceptors (Lipinski definition) is 2. The number of H-pyrrole nitrogens is 1. The molecule has 0 aliphatic heterocycles. The Morgan fingerprint density at radius 2 is 2.19 bits per heavy atom. The third-order valence-corrected chi connectivity index (χ3v) is 2.58. The van der Waals surface area contributed by atoms with Crippen molar-refractivity contribution in [3.8, 4) is 0 Å². The number of halogens is 2. The molecular formula is C11H11BrFN3. The molecule has 0 radical (unpaired) electrons. The van der Waals surface area contributed by atoms with Gasteiger partial charge in [0.1, 0.15) is 5.82 Å². The average molecular weight is 284 g/mol. The lowest BCUT2D eigenvalue weighted by Gasteiger charge is -2.04. The van der Waals surface area contributed by atoms with Gasteiger partial charge < -0.3 is 10.3 Å². The van der Waals surface area contributed by atoms with E-state index in [1.54, 1.807) is 12.5 Å². The van der Waals surface area contributed by atoms with Crippen LogP contribution in [0.5, 0.6) is 0 Å². The molecule has 2 aromatic rings. The zero-order valence-electron chi connectivity index (χ0n) is 8.50. The van der Waals surface area contributed by atoms with Gasteiger partial charge in [-0.1, -0.05) is 15.9 Å². The maximum atomic E-state index is 13.1.